The lowest BCUT2D eigenvalue weighted by atomic mass is 10.3. The highest BCUT2D eigenvalue weighted by Crippen LogP contribution is 2.20. The molecule has 2 aromatic carbocycles. The zero-order valence-electron chi connectivity index (χ0n) is 12.3. The molecule has 0 aromatic heterocycles. The summed E-state index contributed by atoms with van der Waals surface area (Å²) in [5, 5.41) is 4.95. The van der Waals surface area contributed by atoms with Crippen LogP contribution in [0.2, 0.25) is 0 Å². The number of carbonyl (C=O) groups is 2. The van der Waals surface area contributed by atoms with Crippen LogP contribution in [0.1, 0.15) is 0 Å². The van der Waals surface area contributed by atoms with Gasteiger partial charge in [0.25, 0.3) is 5.91 Å². The van der Waals surface area contributed by atoms with Gasteiger partial charge in [-0.3, -0.25) is 9.59 Å². The maximum absolute atomic E-state index is 13.3. The van der Waals surface area contributed by atoms with Crippen molar-refractivity contribution in [2.75, 3.05) is 18.5 Å². The molecule has 0 saturated carbocycles. The number of para-hydroxylation sites is 1. The van der Waals surface area contributed by atoms with Crippen molar-refractivity contribution >= 4 is 33.4 Å². The summed E-state index contributed by atoms with van der Waals surface area (Å²) in [5.74, 6) is -2.93. The summed E-state index contributed by atoms with van der Waals surface area (Å²) in [4.78, 5) is 23.3. The number of benzene rings is 2. The first-order valence-corrected chi connectivity index (χ1v) is 7.64. The molecule has 126 valence electrons. The number of amides is 2. The van der Waals surface area contributed by atoms with Crippen LogP contribution >= 0.6 is 15.9 Å². The number of anilines is 1. The number of halogens is 3. The molecule has 0 atom stereocenters. The standard InChI is InChI=1S/C16H13BrF2N2O3/c17-11-3-1-2-4-13(11)21-15(22)8-20-16(23)9-24-14-6-5-10(18)7-12(14)19/h1-7H,8-9H2,(H,20,23)(H,21,22). The molecule has 0 aliphatic rings. The molecule has 0 radical (unpaired) electrons. The fourth-order valence-electron chi connectivity index (χ4n) is 1.72. The normalized spacial score (nSPS) is 10.1. The van der Waals surface area contributed by atoms with E-state index in [0.717, 1.165) is 12.1 Å². The Morgan fingerprint density at radius 3 is 2.54 bits per heavy atom. The van der Waals surface area contributed by atoms with Crippen LogP contribution in [0.4, 0.5) is 14.5 Å². The molecule has 8 heteroatoms. The Hall–Kier alpha value is -2.48. The van der Waals surface area contributed by atoms with Crippen molar-refractivity contribution in [3.63, 3.8) is 0 Å². The van der Waals surface area contributed by atoms with Gasteiger partial charge in [0.1, 0.15) is 5.82 Å². The topological polar surface area (TPSA) is 67.4 Å². The van der Waals surface area contributed by atoms with E-state index in [9.17, 15) is 18.4 Å². The van der Waals surface area contributed by atoms with Crippen molar-refractivity contribution in [1.82, 2.24) is 5.32 Å². The Morgan fingerprint density at radius 1 is 1.08 bits per heavy atom. The molecule has 2 aromatic rings. The van der Waals surface area contributed by atoms with Crippen molar-refractivity contribution in [2.45, 2.75) is 0 Å². The maximum atomic E-state index is 13.3. The molecular formula is C16H13BrF2N2O3. The molecule has 0 unspecified atom stereocenters. The first-order valence-electron chi connectivity index (χ1n) is 6.84. The minimum absolute atomic E-state index is 0.246. The summed E-state index contributed by atoms with van der Waals surface area (Å²) in [6, 6.07) is 9.76. The van der Waals surface area contributed by atoms with Crippen molar-refractivity contribution in [2.24, 2.45) is 0 Å². The van der Waals surface area contributed by atoms with Gasteiger partial charge in [0, 0.05) is 10.5 Å². The third-order valence-electron chi connectivity index (χ3n) is 2.85. The van der Waals surface area contributed by atoms with Crippen molar-refractivity contribution in [1.29, 1.82) is 0 Å². The van der Waals surface area contributed by atoms with E-state index >= 15 is 0 Å². The van der Waals surface area contributed by atoms with Gasteiger partial charge in [0.2, 0.25) is 5.91 Å². The predicted octanol–water partition coefficient (Wildman–Crippen LogP) is 2.86. The highest BCUT2D eigenvalue weighted by molar-refractivity contribution is 9.10. The summed E-state index contributed by atoms with van der Waals surface area (Å²) in [6.45, 7) is -0.764. The van der Waals surface area contributed by atoms with Crippen LogP contribution in [0.25, 0.3) is 0 Å². The SMILES string of the molecule is O=C(COc1ccc(F)cc1F)NCC(=O)Nc1ccccc1Br. The lowest BCUT2D eigenvalue weighted by molar-refractivity contribution is -0.125. The number of carbonyl (C=O) groups excluding carboxylic acids is 2. The van der Waals surface area contributed by atoms with Crippen LogP contribution in [0.3, 0.4) is 0 Å². The molecule has 0 bridgehead atoms. The Morgan fingerprint density at radius 2 is 1.83 bits per heavy atom. The monoisotopic (exact) mass is 398 g/mol. The van der Waals surface area contributed by atoms with Gasteiger partial charge in [-0.05, 0) is 40.2 Å². The summed E-state index contributed by atoms with van der Waals surface area (Å²) >= 11 is 3.28. The summed E-state index contributed by atoms with van der Waals surface area (Å²) in [7, 11) is 0. The van der Waals surface area contributed by atoms with Crippen LogP contribution in [-0.4, -0.2) is 25.0 Å². The second-order valence-corrected chi connectivity index (χ2v) is 5.52. The van der Waals surface area contributed by atoms with Crippen LogP contribution in [0.15, 0.2) is 46.9 Å². The van der Waals surface area contributed by atoms with E-state index < -0.39 is 30.1 Å². The summed E-state index contributed by atoms with van der Waals surface area (Å²) < 4.78 is 31.7. The van der Waals surface area contributed by atoms with Crippen LogP contribution in [-0.2, 0) is 9.59 Å². The average Bonchev–Trinajstić information content (AvgIpc) is 2.54. The van der Waals surface area contributed by atoms with Gasteiger partial charge in [0.15, 0.2) is 18.2 Å². The third kappa shape index (κ3) is 5.31. The Bertz CT molecular complexity index is 756. The van der Waals surface area contributed by atoms with Crippen molar-refractivity contribution in [3.05, 3.63) is 58.6 Å². The Kier molecular flexibility index (Phi) is 6.25. The van der Waals surface area contributed by atoms with Gasteiger partial charge >= 0.3 is 0 Å². The quantitative estimate of drug-likeness (QED) is 0.785. The molecule has 0 aliphatic carbocycles. The lowest BCUT2D eigenvalue weighted by Crippen LogP contribution is -2.35. The van der Waals surface area contributed by atoms with Gasteiger partial charge < -0.3 is 15.4 Å². The minimum atomic E-state index is -0.908. The molecule has 2 amide bonds. The zero-order valence-corrected chi connectivity index (χ0v) is 13.9. The van der Waals surface area contributed by atoms with Gasteiger partial charge in [-0.25, -0.2) is 8.78 Å². The zero-order chi connectivity index (χ0) is 17.5. The van der Waals surface area contributed by atoms with E-state index in [-0.39, 0.29) is 12.3 Å². The molecule has 2 rings (SSSR count). The summed E-state index contributed by atoms with van der Waals surface area (Å²) in [5.41, 5.74) is 0.571. The summed E-state index contributed by atoms with van der Waals surface area (Å²) in [6.07, 6.45) is 0. The van der Waals surface area contributed by atoms with E-state index in [1.165, 1.54) is 0 Å². The van der Waals surface area contributed by atoms with E-state index in [0.29, 0.717) is 16.2 Å². The first-order chi connectivity index (χ1) is 11.5. The third-order valence-corrected chi connectivity index (χ3v) is 3.54. The highest BCUT2D eigenvalue weighted by Gasteiger charge is 2.10. The maximum Gasteiger partial charge on any atom is 0.258 e. The first kappa shape index (κ1) is 17.9. The van der Waals surface area contributed by atoms with E-state index in [2.05, 4.69) is 26.6 Å². The number of ether oxygens (including phenoxy) is 1. The molecule has 5 nitrogen and oxygen atoms in total. The lowest BCUT2D eigenvalue weighted by Gasteiger charge is -2.09. The van der Waals surface area contributed by atoms with Gasteiger partial charge in [-0.1, -0.05) is 12.1 Å². The molecule has 0 aliphatic heterocycles. The van der Waals surface area contributed by atoms with Gasteiger partial charge in [-0.2, -0.15) is 0 Å². The second kappa shape index (κ2) is 8.39. The minimum Gasteiger partial charge on any atom is -0.481 e. The average molecular weight is 399 g/mol. The number of rotatable bonds is 6. The van der Waals surface area contributed by atoms with E-state index in [1.807, 2.05) is 0 Å². The van der Waals surface area contributed by atoms with Gasteiger partial charge in [-0.15, -0.1) is 0 Å². The molecule has 0 spiro atoms. The molecule has 24 heavy (non-hydrogen) atoms. The molecular weight excluding hydrogens is 386 g/mol. The van der Waals surface area contributed by atoms with Crippen LogP contribution in [0, 0.1) is 11.6 Å². The molecule has 0 heterocycles. The van der Waals surface area contributed by atoms with Crippen molar-refractivity contribution in [3.8, 4) is 5.75 Å². The highest BCUT2D eigenvalue weighted by atomic mass is 79.9. The van der Waals surface area contributed by atoms with Crippen LogP contribution in [0.5, 0.6) is 5.75 Å². The Balaban J connectivity index is 1.76. The molecule has 2 N–H and O–H groups in total. The molecule has 0 fully saturated rings. The largest absolute Gasteiger partial charge is 0.481 e. The number of hydrogen-bond donors (Lipinski definition) is 2. The van der Waals surface area contributed by atoms with E-state index in [4.69, 9.17) is 4.74 Å². The van der Waals surface area contributed by atoms with E-state index in [1.54, 1.807) is 24.3 Å². The fourth-order valence-corrected chi connectivity index (χ4v) is 2.11. The van der Waals surface area contributed by atoms with Crippen LogP contribution < -0.4 is 15.4 Å². The predicted molar refractivity (Wildman–Crippen MR) is 87.6 cm³/mol. The number of hydrogen-bond acceptors (Lipinski definition) is 3. The van der Waals surface area contributed by atoms with Crippen molar-refractivity contribution < 1.29 is 23.1 Å². The van der Waals surface area contributed by atoms with Gasteiger partial charge in [0.05, 0.1) is 12.2 Å². The smallest absolute Gasteiger partial charge is 0.258 e. The fraction of sp³-hybridized carbons (Fsp3) is 0.125. The number of nitrogens with one attached hydrogen (secondary N) is 2. The molecule has 0 saturated heterocycles. The Labute approximate surface area is 145 Å². The second-order valence-electron chi connectivity index (χ2n) is 4.67.